The Morgan fingerprint density at radius 2 is 1.80 bits per heavy atom. The Morgan fingerprint density at radius 3 is 2.35 bits per heavy atom. The zero-order valence-electron chi connectivity index (χ0n) is 11.4. The maximum atomic E-state index is 12.4. The van der Waals surface area contributed by atoms with E-state index in [9.17, 15) is 22.8 Å². The molecule has 0 unspecified atom stereocenters. The van der Waals surface area contributed by atoms with Gasteiger partial charge in [0, 0.05) is 6.42 Å². The lowest BCUT2D eigenvalue weighted by Gasteiger charge is -2.13. The lowest BCUT2D eigenvalue weighted by atomic mass is 10.3. The van der Waals surface area contributed by atoms with Gasteiger partial charge in [-0.2, -0.15) is 8.78 Å². The van der Waals surface area contributed by atoms with Crippen LogP contribution in [-0.4, -0.2) is 31.3 Å². The summed E-state index contributed by atoms with van der Waals surface area (Å²) in [6.45, 7) is 2.97. The number of carbonyl (C=O) groups is 2. The van der Waals surface area contributed by atoms with E-state index in [1.54, 1.807) is 0 Å². The van der Waals surface area contributed by atoms with E-state index in [0.29, 0.717) is 6.42 Å². The number of carbonyl (C=O) groups excluding carboxylic acids is 2. The minimum absolute atomic E-state index is 0.232. The Labute approximate surface area is 115 Å². The molecule has 0 saturated carbocycles. The molecule has 0 spiro atoms. The average Bonchev–Trinajstić information content (AvgIpc) is 2.38. The Balaban J connectivity index is 3.92. The summed E-state index contributed by atoms with van der Waals surface area (Å²) in [6.07, 6.45) is -2.36. The van der Waals surface area contributed by atoms with Crippen molar-refractivity contribution < 1.29 is 32.2 Å². The van der Waals surface area contributed by atoms with Crippen LogP contribution < -0.4 is 5.32 Å². The second-order valence-electron chi connectivity index (χ2n) is 3.94. The zero-order chi connectivity index (χ0) is 15.5. The number of rotatable bonds is 8. The van der Waals surface area contributed by atoms with Crippen LogP contribution in [0.15, 0.2) is 11.9 Å². The van der Waals surface area contributed by atoms with Crippen LogP contribution in [0, 0.1) is 0 Å². The Hall–Kier alpha value is -1.73. The first-order valence-electron chi connectivity index (χ1n) is 6.18. The van der Waals surface area contributed by atoms with Crippen molar-refractivity contribution in [2.45, 2.75) is 39.2 Å². The standard InChI is InChI=1S/C12H18F3NO4/c1-3-4-6-20-12(18)16-8(2)11(17)19-7-5-9(13)10(14)15/h8H,3-7H2,1-2H3,(H,16,18)/t8-/m0/s1. The van der Waals surface area contributed by atoms with E-state index in [1.165, 1.54) is 6.92 Å². The lowest BCUT2D eigenvalue weighted by Crippen LogP contribution is -2.40. The van der Waals surface area contributed by atoms with Gasteiger partial charge in [0.25, 0.3) is 0 Å². The van der Waals surface area contributed by atoms with Gasteiger partial charge in [0.2, 0.25) is 0 Å². The van der Waals surface area contributed by atoms with Crippen molar-refractivity contribution in [2.75, 3.05) is 13.2 Å². The molecule has 0 aromatic heterocycles. The maximum Gasteiger partial charge on any atom is 0.407 e. The topological polar surface area (TPSA) is 64.6 Å². The highest BCUT2D eigenvalue weighted by molar-refractivity contribution is 5.80. The molecule has 0 radical (unpaired) electrons. The van der Waals surface area contributed by atoms with Crippen molar-refractivity contribution >= 4 is 12.1 Å². The third-order valence-corrected chi connectivity index (χ3v) is 2.19. The number of ether oxygens (including phenoxy) is 2. The molecular formula is C12H18F3NO4. The number of alkyl carbamates (subject to hydrolysis) is 1. The lowest BCUT2D eigenvalue weighted by molar-refractivity contribution is -0.145. The van der Waals surface area contributed by atoms with Gasteiger partial charge in [-0.1, -0.05) is 13.3 Å². The van der Waals surface area contributed by atoms with Crippen molar-refractivity contribution in [1.29, 1.82) is 0 Å². The molecule has 0 aromatic carbocycles. The minimum Gasteiger partial charge on any atom is -0.464 e. The second kappa shape index (κ2) is 10.1. The predicted octanol–water partition coefficient (Wildman–Crippen LogP) is 2.91. The average molecular weight is 297 g/mol. The fourth-order valence-electron chi connectivity index (χ4n) is 1.05. The fraction of sp³-hybridized carbons (Fsp3) is 0.667. The molecule has 0 heterocycles. The second-order valence-corrected chi connectivity index (χ2v) is 3.94. The summed E-state index contributed by atoms with van der Waals surface area (Å²) in [4.78, 5) is 22.5. The van der Waals surface area contributed by atoms with E-state index in [0.717, 1.165) is 6.42 Å². The molecule has 0 rings (SSSR count). The Bertz CT molecular complexity index is 357. The van der Waals surface area contributed by atoms with Crippen molar-refractivity contribution in [3.63, 3.8) is 0 Å². The van der Waals surface area contributed by atoms with Crippen molar-refractivity contribution in [1.82, 2.24) is 5.32 Å². The van der Waals surface area contributed by atoms with E-state index >= 15 is 0 Å². The summed E-state index contributed by atoms with van der Waals surface area (Å²) in [5.41, 5.74) is 0. The summed E-state index contributed by atoms with van der Waals surface area (Å²) in [7, 11) is 0. The molecule has 0 fully saturated rings. The normalized spacial score (nSPS) is 11.4. The summed E-state index contributed by atoms with van der Waals surface area (Å²) in [5, 5.41) is 2.21. The molecule has 0 bridgehead atoms. The summed E-state index contributed by atoms with van der Waals surface area (Å²) < 4.78 is 45.1. The highest BCUT2D eigenvalue weighted by atomic mass is 19.3. The zero-order valence-corrected chi connectivity index (χ0v) is 11.4. The van der Waals surface area contributed by atoms with Crippen molar-refractivity contribution in [3.8, 4) is 0 Å². The molecule has 1 amide bonds. The molecule has 0 aliphatic rings. The van der Waals surface area contributed by atoms with Gasteiger partial charge in [0.05, 0.1) is 13.2 Å². The van der Waals surface area contributed by atoms with Crippen LogP contribution in [0.25, 0.3) is 0 Å². The van der Waals surface area contributed by atoms with E-state index in [-0.39, 0.29) is 6.61 Å². The first-order chi connectivity index (χ1) is 9.38. The number of halogens is 3. The number of amides is 1. The van der Waals surface area contributed by atoms with Crippen LogP contribution in [0.3, 0.4) is 0 Å². The van der Waals surface area contributed by atoms with Crippen LogP contribution in [0.5, 0.6) is 0 Å². The smallest absolute Gasteiger partial charge is 0.407 e. The summed E-state index contributed by atoms with van der Waals surface area (Å²) >= 11 is 0. The van der Waals surface area contributed by atoms with Crippen molar-refractivity contribution in [3.05, 3.63) is 11.9 Å². The number of hydrogen-bond donors (Lipinski definition) is 1. The van der Waals surface area contributed by atoms with Gasteiger partial charge < -0.3 is 14.8 Å². The monoisotopic (exact) mass is 297 g/mol. The highest BCUT2D eigenvalue weighted by Gasteiger charge is 2.18. The molecule has 116 valence electrons. The highest BCUT2D eigenvalue weighted by Crippen LogP contribution is 2.12. The van der Waals surface area contributed by atoms with Crippen LogP contribution >= 0.6 is 0 Å². The molecule has 0 aliphatic heterocycles. The maximum absolute atomic E-state index is 12.4. The molecule has 5 nitrogen and oxygen atoms in total. The van der Waals surface area contributed by atoms with Crippen LogP contribution in [0.4, 0.5) is 18.0 Å². The van der Waals surface area contributed by atoms with E-state index in [1.807, 2.05) is 6.92 Å². The number of hydrogen-bond acceptors (Lipinski definition) is 4. The third kappa shape index (κ3) is 8.39. The molecule has 0 aliphatic carbocycles. The quantitative estimate of drug-likeness (QED) is 0.552. The Morgan fingerprint density at radius 1 is 1.15 bits per heavy atom. The van der Waals surface area contributed by atoms with E-state index in [2.05, 4.69) is 10.1 Å². The molecule has 1 atom stereocenters. The molecule has 20 heavy (non-hydrogen) atoms. The molecule has 0 saturated heterocycles. The molecule has 1 N–H and O–H groups in total. The van der Waals surface area contributed by atoms with Gasteiger partial charge in [-0.05, 0) is 13.3 Å². The van der Waals surface area contributed by atoms with Crippen molar-refractivity contribution in [2.24, 2.45) is 0 Å². The predicted molar refractivity (Wildman–Crippen MR) is 64.8 cm³/mol. The molecule has 0 aromatic rings. The van der Waals surface area contributed by atoms with Gasteiger partial charge >= 0.3 is 18.1 Å². The van der Waals surface area contributed by atoms with Gasteiger partial charge in [-0.15, -0.1) is 0 Å². The summed E-state index contributed by atoms with van der Waals surface area (Å²) in [5.74, 6) is -2.48. The van der Waals surface area contributed by atoms with Crippen LogP contribution in [-0.2, 0) is 14.3 Å². The van der Waals surface area contributed by atoms with Gasteiger partial charge in [-0.3, -0.25) is 0 Å². The molecular weight excluding hydrogens is 279 g/mol. The fourth-order valence-corrected chi connectivity index (χ4v) is 1.05. The van der Waals surface area contributed by atoms with Gasteiger partial charge in [0.1, 0.15) is 6.04 Å². The van der Waals surface area contributed by atoms with Crippen LogP contribution in [0.2, 0.25) is 0 Å². The first kappa shape index (κ1) is 18.3. The largest absolute Gasteiger partial charge is 0.464 e. The number of unbranched alkanes of at least 4 members (excludes halogenated alkanes) is 1. The van der Waals surface area contributed by atoms with Gasteiger partial charge in [0.15, 0.2) is 5.83 Å². The summed E-state index contributed by atoms with van der Waals surface area (Å²) in [6, 6.07) is -1.01. The van der Waals surface area contributed by atoms with E-state index < -0.39 is 43.0 Å². The third-order valence-electron chi connectivity index (χ3n) is 2.19. The number of nitrogens with one attached hydrogen (secondary N) is 1. The minimum atomic E-state index is -2.44. The number of esters is 1. The van der Waals surface area contributed by atoms with Crippen LogP contribution in [0.1, 0.15) is 33.1 Å². The SMILES string of the molecule is CCCCOC(=O)N[C@@H](C)C(=O)OCCC(F)=C(F)F. The molecule has 8 heteroatoms. The van der Waals surface area contributed by atoms with E-state index in [4.69, 9.17) is 4.74 Å². The van der Waals surface area contributed by atoms with Gasteiger partial charge in [-0.25, -0.2) is 14.0 Å². The Kier molecular flexibility index (Phi) is 9.23. The first-order valence-corrected chi connectivity index (χ1v) is 6.18.